The zero-order chi connectivity index (χ0) is 18.1. The van der Waals surface area contributed by atoms with Crippen molar-refractivity contribution in [3.63, 3.8) is 0 Å². The number of alkyl halides is 2. The molecule has 1 heterocycles. The number of hydrogen-bond donors (Lipinski definition) is 1. The summed E-state index contributed by atoms with van der Waals surface area (Å²) in [4.78, 5) is 0. The van der Waals surface area contributed by atoms with Crippen LogP contribution in [-0.4, -0.2) is 22.0 Å². The van der Waals surface area contributed by atoms with Gasteiger partial charge in [0.05, 0.1) is 11.6 Å². The smallest absolute Gasteiger partial charge is 0.301 e. The highest BCUT2D eigenvalue weighted by Gasteiger charge is 2.46. The predicted octanol–water partition coefficient (Wildman–Crippen LogP) is 4.21. The average Bonchev–Trinajstić information content (AvgIpc) is 3.01. The summed E-state index contributed by atoms with van der Waals surface area (Å²) in [6, 6.07) is 3.26. The minimum atomic E-state index is -3.39. The summed E-state index contributed by atoms with van der Waals surface area (Å²) in [6.45, 7) is 7.21. The van der Waals surface area contributed by atoms with Crippen LogP contribution < -0.4 is 4.72 Å². The van der Waals surface area contributed by atoms with E-state index in [0.717, 1.165) is 6.07 Å². The molecule has 3 atom stereocenters. The Morgan fingerprint density at radius 2 is 2.00 bits per heavy atom. The Kier molecular flexibility index (Phi) is 5.90. The Bertz CT molecular complexity index is 571. The van der Waals surface area contributed by atoms with Crippen LogP contribution in [0.5, 0.6) is 0 Å². The van der Waals surface area contributed by atoms with Gasteiger partial charge in [-0.2, -0.15) is 8.78 Å². The summed E-state index contributed by atoms with van der Waals surface area (Å²) in [6.07, 6.45) is -0.544. The minimum absolute atomic E-state index is 0.0720. The molecule has 1 unspecified atom stereocenters. The number of halogens is 3. The highest BCUT2D eigenvalue weighted by atomic mass is 32.2. The fourth-order valence-corrected chi connectivity index (χ4v) is 3.38. The van der Waals surface area contributed by atoms with Crippen LogP contribution in [-0.2, 0) is 22.0 Å². The second-order valence-electron chi connectivity index (χ2n) is 7.05. The maximum Gasteiger partial charge on any atom is 0.301 e. The largest absolute Gasteiger partial charge is 0.598 e. The predicted molar refractivity (Wildman–Crippen MR) is 88.7 cm³/mol. The first-order chi connectivity index (χ1) is 11.0. The number of rotatable bonds is 5. The van der Waals surface area contributed by atoms with Gasteiger partial charge in [-0.1, -0.05) is 12.1 Å². The summed E-state index contributed by atoms with van der Waals surface area (Å²) < 4.78 is 63.3. The quantitative estimate of drug-likeness (QED) is 0.797. The van der Waals surface area contributed by atoms with Crippen molar-refractivity contribution in [3.05, 3.63) is 35.1 Å². The molecule has 1 N–H and O–H groups in total. The number of nitrogens with one attached hydrogen (secondary N) is 1. The molecule has 1 fully saturated rings. The van der Waals surface area contributed by atoms with Gasteiger partial charge in [-0.05, 0) is 46.6 Å². The minimum Gasteiger partial charge on any atom is -0.598 e. The van der Waals surface area contributed by atoms with Crippen molar-refractivity contribution in [1.29, 1.82) is 0 Å². The van der Waals surface area contributed by atoms with Crippen molar-refractivity contribution >= 4 is 11.4 Å². The maximum absolute atomic E-state index is 14.7. The summed E-state index contributed by atoms with van der Waals surface area (Å²) in [7, 11) is 0. The van der Waals surface area contributed by atoms with Gasteiger partial charge >= 0.3 is 5.92 Å². The first kappa shape index (κ1) is 19.6. The lowest BCUT2D eigenvalue weighted by Gasteiger charge is -2.28. The van der Waals surface area contributed by atoms with Gasteiger partial charge in [0.1, 0.15) is 16.7 Å². The van der Waals surface area contributed by atoms with E-state index < -0.39 is 45.6 Å². The van der Waals surface area contributed by atoms with Gasteiger partial charge in [0.25, 0.3) is 0 Å². The molecule has 0 saturated carbocycles. The first-order valence-electron chi connectivity index (χ1n) is 8.01. The van der Waals surface area contributed by atoms with E-state index in [2.05, 4.69) is 4.72 Å². The van der Waals surface area contributed by atoms with Crippen LogP contribution in [0.15, 0.2) is 18.2 Å². The molecule has 1 aliphatic heterocycles. The van der Waals surface area contributed by atoms with E-state index in [9.17, 15) is 17.7 Å². The normalized spacial score (nSPS) is 21.8. The van der Waals surface area contributed by atoms with Gasteiger partial charge in [-0.25, -0.2) is 4.39 Å². The number of ether oxygens (including phenoxy) is 1. The molecule has 136 valence electrons. The molecule has 1 aromatic rings. The van der Waals surface area contributed by atoms with Gasteiger partial charge in [0.15, 0.2) is 0 Å². The lowest BCUT2D eigenvalue weighted by atomic mass is 9.96. The van der Waals surface area contributed by atoms with E-state index in [-0.39, 0.29) is 18.6 Å². The van der Waals surface area contributed by atoms with E-state index in [0.29, 0.717) is 6.42 Å². The molecule has 3 nitrogen and oxygen atoms in total. The van der Waals surface area contributed by atoms with Gasteiger partial charge in [-0.3, -0.25) is 0 Å². The summed E-state index contributed by atoms with van der Waals surface area (Å²) in [5.74, 6) is -4.36. The molecule has 1 saturated heterocycles. The van der Waals surface area contributed by atoms with Crippen LogP contribution in [0.2, 0.25) is 0 Å². The molecule has 0 aromatic heterocycles. The SMILES string of the molecule is CC(N[S@+]([O-])C(C)(C)C)c1cccc(C(F)(F)[C@@H]2CCCO2)c1F. The number of benzene rings is 1. The summed E-state index contributed by atoms with van der Waals surface area (Å²) in [5, 5.41) is 0. The lowest BCUT2D eigenvalue weighted by molar-refractivity contribution is -0.124. The molecule has 0 radical (unpaired) electrons. The summed E-state index contributed by atoms with van der Waals surface area (Å²) >= 11 is -1.43. The maximum atomic E-state index is 14.7. The monoisotopic (exact) mass is 363 g/mol. The highest BCUT2D eigenvalue weighted by molar-refractivity contribution is 7.90. The zero-order valence-corrected chi connectivity index (χ0v) is 15.2. The van der Waals surface area contributed by atoms with Crippen LogP contribution in [0.1, 0.15) is 57.7 Å². The van der Waals surface area contributed by atoms with Crippen molar-refractivity contribution in [2.45, 2.75) is 63.4 Å². The van der Waals surface area contributed by atoms with Crippen LogP contribution >= 0.6 is 0 Å². The van der Waals surface area contributed by atoms with E-state index in [1.165, 1.54) is 12.1 Å². The fraction of sp³-hybridized carbons (Fsp3) is 0.647. The fourth-order valence-electron chi connectivity index (χ4n) is 2.58. The topological polar surface area (TPSA) is 44.3 Å². The van der Waals surface area contributed by atoms with Crippen molar-refractivity contribution in [1.82, 2.24) is 4.72 Å². The first-order valence-corrected chi connectivity index (χ1v) is 9.16. The molecule has 0 bridgehead atoms. The Morgan fingerprint density at radius 1 is 1.33 bits per heavy atom. The molecule has 2 rings (SSSR count). The molecule has 1 aromatic carbocycles. The van der Waals surface area contributed by atoms with Gasteiger partial charge < -0.3 is 9.29 Å². The third-order valence-electron chi connectivity index (χ3n) is 4.03. The van der Waals surface area contributed by atoms with E-state index in [1.807, 2.05) is 0 Å². The Morgan fingerprint density at radius 3 is 2.54 bits per heavy atom. The van der Waals surface area contributed by atoms with Crippen LogP contribution in [0.25, 0.3) is 0 Å². The Balaban J connectivity index is 2.27. The zero-order valence-electron chi connectivity index (χ0n) is 14.4. The standard InChI is InChI=1S/C17H24F3NO2S/c1-11(21-24(22)16(2,3)4)12-7-5-8-13(15(12)18)17(19,20)14-9-6-10-23-14/h5,7-8,11,14,21H,6,9-10H2,1-4H3/t11?,14-,24+/m0/s1. The lowest BCUT2D eigenvalue weighted by Crippen LogP contribution is -2.41. The molecule has 0 aliphatic carbocycles. The molecule has 0 amide bonds. The van der Waals surface area contributed by atoms with E-state index >= 15 is 0 Å². The molecule has 0 spiro atoms. The Hall–Kier alpha value is -0.760. The van der Waals surface area contributed by atoms with Crippen molar-refractivity contribution < 1.29 is 22.5 Å². The average molecular weight is 363 g/mol. The van der Waals surface area contributed by atoms with Crippen LogP contribution in [0.4, 0.5) is 13.2 Å². The number of hydrogen-bond acceptors (Lipinski definition) is 3. The molecule has 1 aliphatic rings. The Labute approximate surface area is 144 Å². The second-order valence-corrected chi connectivity index (χ2v) is 9.05. The van der Waals surface area contributed by atoms with Crippen molar-refractivity contribution in [3.8, 4) is 0 Å². The van der Waals surface area contributed by atoms with Crippen LogP contribution in [0, 0.1) is 5.82 Å². The third kappa shape index (κ3) is 4.07. The van der Waals surface area contributed by atoms with E-state index in [4.69, 9.17) is 4.74 Å². The molecular formula is C17H24F3NO2S. The van der Waals surface area contributed by atoms with Gasteiger partial charge in [-0.15, -0.1) is 4.72 Å². The van der Waals surface area contributed by atoms with Crippen molar-refractivity contribution in [2.75, 3.05) is 6.61 Å². The molecule has 24 heavy (non-hydrogen) atoms. The second kappa shape index (κ2) is 7.23. The molecular weight excluding hydrogens is 339 g/mol. The van der Waals surface area contributed by atoms with Crippen LogP contribution in [0.3, 0.4) is 0 Å². The third-order valence-corrected chi connectivity index (χ3v) is 5.71. The molecule has 7 heteroatoms. The van der Waals surface area contributed by atoms with Crippen molar-refractivity contribution in [2.24, 2.45) is 0 Å². The van der Waals surface area contributed by atoms with Gasteiger partial charge in [0.2, 0.25) is 0 Å². The van der Waals surface area contributed by atoms with E-state index in [1.54, 1.807) is 27.7 Å². The summed E-state index contributed by atoms with van der Waals surface area (Å²) in [5.41, 5.74) is -0.593. The van der Waals surface area contributed by atoms with Gasteiger partial charge in [0, 0.05) is 23.5 Å². The highest BCUT2D eigenvalue weighted by Crippen LogP contribution is 2.40.